The average molecular weight is 701 g/mol. The third-order valence-electron chi connectivity index (χ3n) is 8.45. The first-order chi connectivity index (χ1) is 25.0. The van der Waals surface area contributed by atoms with Gasteiger partial charge >= 0.3 is 0 Å². The number of halogens is 2. The molecule has 0 saturated heterocycles. The first-order valence-electron chi connectivity index (χ1n) is 17.5. The number of unbranched alkanes of at least 4 members (excludes halogenated alkanes) is 6. The van der Waals surface area contributed by atoms with Crippen LogP contribution >= 0.6 is 0 Å². The largest absolute Gasteiger partial charge is 0.502 e. The molecule has 5 rings (SSSR count). The number of ether oxygens (including phenoxy) is 6. The fraction of sp³-hybridized carbons (Fsp3) is 0.366. The molecular weight excluding hydrogens is 654 g/mol. The summed E-state index contributed by atoms with van der Waals surface area (Å²) in [5, 5.41) is 0. The van der Waals surface area contributed by atoms with Gasteiger partial charge in [-0.15, -0.1) is 0 Å². The average Bonchev–Trinajstić information content (AvgIpc) is 3.36. The molecule has 0 fully saturated rings. The summed E-state index contributed by atoms with van der Waals surface area (Å²) in [6.45, 7) is 9.47. The van der Waals surface area contributed by atoms with Crippen LogP contribution in [0.5, 0.6) is 23.1 Å². The van der Waals surface area contributed by atoms with Crippen LogP contribution in [-0.2, 0) is 21.8 Å². The molecule has 0 unspecified atom stereocenters. The van der Waals surface area contributed by atoms with Gasteiger partial charge in [0.25, 0.3) is 5.92 Å². The van der Waals surface area contributed by atoms with Crippen LogP contribution in [0.4, 0.5) is 8.78 Å². The fourth-order valence-corrected chi connectivity index (χ4v) is 5.78. The quantitative estimate of drug-likeness (QED) is 0.0406. The molecular formula is C41H46F2N2O6. The highest BCUT2D eigenvalue weighted by Gasteiger charge is 2.44. The molecule has 1 aliphatic rings. The van der Waals surface area contributed by atoms with E-state index in [2.05, 4.69) is 23.1 Å². The Bertz CT molecular complexity index is 1680. The van der Waals surface area contributed by atoms with E-state index < -0.39 is 5.92 Å². The molecule has 0 spiro atoms. The zero-order valence-electron chi connectivity index (χ0n) is 29.0. The van der Waals surface area contributed by atoms with Crippen LogP contribution in [0.1, 0.15) is 73.8 Å². The lowest BCUT2D eigenvalue weighted by atomic mass is 10.00. The van der Waals surface area contributed by atoms with Gasteiger partial charge in [-0.1, -0.05) is 31.4 Å². The van der Waals surface area contributed by atoms with E-state index in [1.807, 2.05) is 18.2 Å². The van der Waals surface area contributed by atoms with Crippen molar-refractivity contribution in [2.24, 2.45) is 0 Å². The Labute approximate surface area is 299 Å². The number of pyridine rings is 2. The van der Waals surface area contributed by atoms with Crippen molar-refractivity contribution in [2.45, 2.75) is 63.7 Å². The Morgan fingerprint density at radius 2 is 1.14 bits per heavy atom. The van der Waals surface area contributed by atoms with Gasteiger partial charge in [0.05, 0.1) is 51.3 Å². The summed E-state index contributed by atoms with van der Waals surface area (Å²) in [7, 11) is 0. The number of benzene rings is 2. The van der Waals surface area contributed by atoms with Gasteiger partial charge in [-0.25, -0.2) is 4.98 Å². The monoisotopic (exact) mass is 700 g/mol. The normalized spacial score (nSPS) is 12.4. The van der Waals surface area contributed by atoms with Crippen LogP contribution in [0, 0.1) is 0 Å². The van der Waals surface area contributed by atoms with Crippen LogP contribution in [0.2, 0.25) is 0 Å². The Balaban J connectivity index is 1.06. The molecule has 2 heterocycles. The molecule has 0 N–H and O–H groups in total. The smallest absolute Gasteiger partial charge is 0.299 e. The maximum Gasteiger partial charge on any atom is 0.299 e. The van der Waals surface area contributed by atoms with E-state index in [1.54, 1.807) is 48.8 Å². The second-order valence-electron chi connectivity index (χ2n) is 12.2. The Hall–Kier alpha value is -5.12. The highest BCUT2D eigenvalue weighted by atomic mass is 19.3. The molecule has 10 heteroatoms. The summed E-state index contributed by atoms with van der Waals surface area (Å²) in [6.07, 6.45) is 14.7. The summed E-state index contributed by atoms with van der Waals surface area (Å²) in [4.78, 5) is 8.75. The van der Waals surface area contributed by atoms with Crippen molar-refractivity contribution in [3.05, 3.63) is 121 Å². The topological polar surface area (TPSA) is 81.2 Å². The van der Waals surface area contributed by atoms with E-state index in [1.165, 1.54) is 18.6 Å². The van der Waals surface area contributed by atoms with Crippen molar-refractivity contribution in [2.75, 3.05) is 33.2 Å². The number of hydrogen-bond acceptors (Lipinski definition) is 8. The van der Waals surface area contributed by atoms with Gasteiger partial charge in [0.2, 0.25) is 12.7 Å². The van der Waals surface area contributed by atoms with Crippen molar-refractivity contribution in [3.63, 3.8) is 0 Å². The molecule has 2 aromatic heterocycles. The summed E-state index contributed by atoms with van der Waals surface area (Å²) in [5.74, 6) is -1.23. The molecule has 1 aliphatic carbocycles. The maximum absolute atomic E-state index is 15.8. The van der Waals surface area contributed by atoms with E-state index in [-0.39, 0.29) is 23.7 Å². The van der Waals surface area contributed by atoms with E-state index in [9.17, 15) is 0 Å². The summed E-state index contributed by atoms with van der Waals surface area (Å²) < 4.78 is 64.7. The van der Waals surface area contributed by atoms with E-state index in [0.29, 0.717) is 61.4 Å². The molecule has 0 amide bonds. The molecule has 4 aromatic rings. The highest BCUT2D eigenvalue weighted by Crippen LogP contribution is 2.52. The lowest BCUT2D eigenvalue weighted by Crippen LogP contribution is -2.12. The predicted molar refractivity (Wildman–Crippen MR) is 193 cm³/mol. The van der Waals surface area contributed by atoms with Crippen molar-refractivity contribution >= 4 is 0 Å². The van der Waals surface area contributed by atoms with Crippen LogP contribution in [0.3, 0.4) is 0 Å². The van der Waals surface area contributed by atoms with Crippen LogP contribution in [0.15, 0.2) is 98.7 Å². The van der Waals surface area contributed by atoms with Gasteiger partial charge in [0.1, 0.15) is 17.2 Å². The first kappa shape index (κ1) is 37.1. The molecule has 0 aliphatic heterocycles. The van der Waals surface area contributed by atoms with E-state index in [0.717, 1.165) is 62.6 Å². The number of fused-ring (bicyclic) bond motifs is 3. The van der Waals surface area contributed by atoms with Gasteiger partial charge in [0.15, 0.2) is 0 Å². The fourth-order valence-electron chi connectivity index (χ4n) is 5.78. The van der Waals surface area contributed by atoms with Crippen molar-refractivity contribution < 1.29 is 37.2 Å². The lowest BCUT2D eigenvalue weighted by Gasteiger charge is -2.14. The Morgan fingerprint density at radius 3 is 1.73 bits per heavy atom. The van der Waals surface area contributed by atoms with Crippen LogP contribution in [0.25, 0.3) is 11.1 Å². The van der Waals surface area contributed by atoms with Crippen molar-refractivity contribution in [1.29, 1.82) is 0 Å². The van der Waals surface area contributed by atoms with Gasteiger partial charge < -0.3 is 28.4 Å². The summed E-state index contributed by atoms with van der Waals surface area (Å²) >= 11 is 0. The number of nitrogens with zero attached hydrogens (tertiary/aromatic N) is 2. The second-order valence-corrected chi connectivity index (χ2v) is 12.2. The number of alkyl halides is 2. The maximum atomic E-state index is 15.8. The van der Waals surface area contributed by atoms with E-state index >= 15 is 8.78 Å². The molecule has 51 heavy (non-hydrogen) atoms. The number of aromatic nitrogens is 2. The number of rotatable bonds is 24. The molecule has 2 aromatic carbocycles. The lowest BCUT2D eigenvalue weighted by molar-refractivity contribution is 0.0471. The molecule has 0 bridgehead atoms. The van der Waals surface area contributed by atoms with Crippen LogP contribution in [-0.4, -0.2) is 43.2 Å². The standard InChI is InChI=1S/C41H46F2N2O6/c1-3-46-21-9-5-7-11-23-48-34-15-14-32(44-28-34)25-31-13-18-36-37-19-16-33(27-39(37)41(42,43)38(36)26-31)50-30-51-40-20-17-35(29-45-40)49-24-12-8-6-10-22-47-4-2/h3-4,13-20,26-29H,1-2,5-12,21-25,30H2. The Morgan fingerprint density at radius 1 is 0.569 bits per heavy atom. The zero-order chi connectivity index (χ0) is 35.7. The third kappa shape index (κ3) is 10.9. The van der Waals surface area contributed by atoms with Gasteiger partial charge in [-0.3, -0.25) is 4.98 Å². The molecule has 0 radical (unpaired) electrons. The Kier molecular flexibility index (Phi) is 14.1. The predicted octanol–water partition coefficient (Wildman–Crippen LogP) is 9.80. The summed E-state index contributed by atoms with van der Waals surface area (Å²) in [5.41, 5.74) is 2.40. The zero-order valence-corrected chi connectivity index (χ0v) is 29.0. The molecule has 270 valence electrons. The number of hydrogen-bond donors (Lipinski definition) is 0. The van der Waals surface area contributed by atoms with Gasteiger partial charge in [-0.05, 0) is 104 Å². The molecule has 0 saturated carbocycles. The second kappa shape index (κ2) is 19.3. The minimum Gasteiger partial charge on any atom is -0.502 e. The van der Waals surface area contributed by atoms with Crippen molar-refractivity contribution in [1.82, 2.24) is 9.97 Å². The SMILES string of the molecule is C=COCCCCCCOc1ccc(Cc2ccc3c(c2)C(F)(F)c2cc(OCOc4ccc(OCCCCCCOC=C)cn4)ccc2-3)nc1. The third-order valence-corrected chi connectivity index (χ3v) is 8.45. The summed E-state index contributed by atoms with van der Waals surface area (Å²) in [6, 6.07) is 17.1. The van der Waals surface area contributed by atoms with E-state index in [4.69, 9.17) is 28.4 Å². The minimum absolute atomic E-state index is 0.0240. The van der Waals surface area contributed by atoms with Crippen molar-refractivity contribution in [3.8, 4) is 34.3 Å². The minimum atomic E-state index is -3.18. The first-order valence-corrected chi connectivity index (χ1v) is 17.5. The van der Waals surface area contributed by atoms with Gasteiger partial charge in [0, 0.05) is 29.3 Å². The molecule has 0 atom stereocenters. The molecule has 8 nitrogen and oxygen atoms in total. The van der Waals surface area contributed by atoms with Gasteiger partial charge in [-0.2, -0.15) is 8.78 Å². The van der Waals surface area contributed by atoms with Crippen LogP contribution < -0.4 is 18.9 Å². The highest BCUT2D eigenvalue weighted by molar-refractivity contribution is 5.80.